The minimum atomic E-state index is -1.22. The number of hydrogen-bond acceptors (Lipinski definition) is 5. The Hall–Kier alpha value is -1.71. The normalized spacial score (nSPS) is 12.0. The molecule has 0 aliphatic heterocycles. The van der Waals surface area contributed by atoms with Gasteiger partial charge in [-0.05, 0) is 17.5 Å². The lowest BCUT2D eigenvalue weighted by atomic mass is 10.1. The highest BCUT2D eigenvalue weighted by Crippen LogP contribution is 2.31. The summed E-state index contributed by atoms with van der Waals surface area (Å²) in [6, 6.07) is 7.48. The number of rotatable bonds is 2. The fraction of sp³-hybridized carbons (Fsp3) is 0.0909. The van der Waals surface area contributed by atoms with Gasteiger partial charge in [-0.1, -0.05) is 6.07 Å². The van der Waals surface area contributed by atoms with Gasteiger partial charge >= 0.3 is 0 Å². The molecule has 86 valence electrons. The molecule has 2 aromatic heterocycles. The molecule has 0 aliphatic carbocycles. The molecule has 0 bridgehead atoms. The second-order valence-corrected chi connectivity index (χ2v) is 5.59. The maximum absolute atomic E-state index is 11.4. The van der Waals surface area contributed by atoms with Crippen molar-refractivity contribution in [3.63, 3.8) is 0 Å². The lowest BCUT2D eigenvalue weighted by Crippen LogP contribution is -2.02. The van der Waals surface area contributed by atoms with E-state index in [9.17, 15) is 4.21 Å². The maximum atomic E-state index is 11.4. The third-order valence-corrected chi connectivity index (χ3v) is 3.92. The highest BCUT2D eigenvalue weighted by Gasteiger charge is 2.14. The summed E-state index contributed by atoms with van der Waals surface area (Å²) in [6.07, 6.45) is 1.53. The van der Waals surface area contributed by atoms with Crippen LogP contribution in [0.1, 0.15) is 5.56 Å². The van der Waals surface area contributed by atoms with Crippen molar-refractivity contribution in [2.24, 2.45) is 0 Å². The summed E-state index contributed by atoms with van der Waals surface area (Å²) in [5, 5.41) is 11.4. The van der Waals surface area contributed by atoms with Crippen molar-refractivity contribution in [2.45, 2.75) is 5.03 Å². The van der Waals surface area contributed by atoms with Crippen LogP contribution in [0.3, 0.4) is 0 Å². The van der Waals surface area contributed by atoms with Crippen LogP contribution >= 0.6 is 11.3 Å². The van der Waals surface area contributed by atoms with Gasteiger partial charge in [0.2, 0.25) is 0 Å². The third kappa shape index (κ3) is 2.20. The van der Waals surface area contributed by atoms with Crippen LogP contribution in [-0.2, 0) is 10.8 Å². The molecule has 2 rings (SSSR count). The second kappa shape index (κ2) is 4.65. The van der Waals surface area contributed by atoms with Crippen LogP contribution in [0, 0.1) is 11.3 Å². The number of nitrogens with two attached hydrogens (primary N) is 1. The molecular formula is C11H9N3OS2. The summed E-state index contributed by atoms with van der Waals surface area (Å²) < 4.78 is 11.4. The fourth-order valence-corrected chi connectivity index (χ4v) is 2.69. The molecule has 2 N–H and O–H groups in total. The van der Waals surface area contributed by atoms with Crippen LogP contribution < -0.4 is 5.73 Å². The number of aromatic nitrogens is 1. The number of nitriles is 1. The van der Waals surface area contributed by atoms with Gasteiger partial charge < -0.3 is 5.73 Å². The molecule has 6 heteroatoms. The van der Waals surface area contributed by atoms with Gasteiger partial charge in [0, 0.05) is 16.7 Å². The van der Waals surface area contributed by atoms with Crippen LogP contribution in [-0.4, -0.2) is 15.4 Å². The molecule has 0 saturated heterocycles. The van der Waals surface area contributed by atoms with Gasteiger partial charge in [-0.3, -0.25) is 4.21 Å². The molecule has 17 heavy (non-hydrogen) atoms. The molecule has 2 heterocycles. The van der Waals surface area contributed by atoms with Crippen molar-refractivity contribution >= 4 is 28.0 Å². The highest BCUT2D eigenvalue weighted by molar-refractivity contribution is 7.84. The van der Waals surface area contributed by atoms with E-state index < -0.39 is 10.8 Å². The highest BCUT2D eigenvalue weighted by atomic mass is 32.2. The van der Waals surface area contributed by atoms with Crippen molar-refractivity contribution in [2.75, 3.05) is 12.0 Å². The van der Waals surface area contributed by atoms with Crippen molar-refractivity contribution in [3.8, 4) is 16.5 Å². The number of hydrogen-bond donors (Lipinski definition) is 1. The van der Waals surface area contributed by atoms with E-state index in [2.05, 4.69) is 4.98 Å². The summed E-state index contributed by atoms with van der Waals surface area (Å²) in [5.41, 5.74) is 6.74. The smallest absolute Gasteiger partial charge is 0.143 e. The van der Waals surface area contributed by atoms with Gasteiger partial charge in [-0.25, -0.2) is 4.98 Å². The molecule has 0 aliphatic rings. The maximum Gasteiger partial charge on any atom is 0.143 e. The number of anilines is 1. The van der Waals surface area contributed by atoms with E-state index in [0.29, 0.717) is 16.2 Å². The molecule has 1 unspecified atom stereocenters. The first-order valence-corrected chi connectivity index (χ1v) is 7.15. The van der Waals surface area contributed by atoms with Crippen LogP contribution in [0.4, 0.5) is 5.82 Å². The molecule has 0 amide bonds. The zero-order valence-corrected chi connectivity index (χ0v) is 10.6. The van der Waals surface area contributed by atoms with Gasteiger partial charge in [0.15, 0.2) is 0 Å². The van der Waals surface area contributed by atoms with E-state index in [1.807, 2.05) is 23.6 Å². The standard InChI is InChI=1S/C11H9N3OS2/c1-17(15)10-5-7(9-3-2-4-16-9)8(6-12)11(13)14-10/h2-5H,1H3,(H2,13,14). The van der Waals surface area contributed by atoms with Crippen LogP contribution in [0.15, 0.2) is 28.6 Å². The molecular weight excluding hydrogens is 254 g/mol. The Bertz CT molecular complexity index is 614. The Morgan fingerprint density at radius 1 is 1.59 bits per heavy atom. The Morgan fingerprint density at radius 3 is 2.88 bits per heavy atom. The van der Waals surface area contributed by atoms with Crippen molar-refractivity contribution < 1.29 is 4.21 Å². The van der Waals surface area contributed by atoms with E-state index in [4.69, 9.17) is 11.0 Å². The Balaban J connectivity index is 2.72. The predicted octanol–water partition coefficient (Wildman–Crippen LogP) is 2.00. The molecule has 2 aromatic rings. The Morgan fingerprint density at radius 2 is 2.35 bits per heavy atom. The van der Waals surface area contributed by atoms with Gasteiger partial charge in [0.05, 0.1) is 10.8 Å². The van der Waals surface area contributed by atoms with Gasteiger partial charge in [-0.2, -0.15) is 5.26 Å². The SMILES string of the molecule is CS(=O)c1cc(-c2cccs2)c(C#N)c(N)n1. The lowest BCUT2D eigenvalue weighted by molar-refractivity contribution is 0.684. The first-order valence-electron chi connectivity index (χ1n) is 4.71. The van der Waals surface area contributed by atoms with Gasteiger partial charge in [0.25, 0.3) is 0 Å². The number of thiophene rings is 1. The van der Waals surface area contributed by atoms with E-state index >= 15 is 0 Å². The quantitative estimate of drug-likeness (QED) is 0.898. The minimum Gasteiger partial charge on any atom is -0.383 e. The predicted molar refractivity (Wildman–Crippen MR) is 69.0 cm³/mol. The molecule has 0 saturated carbocycles. The zero-order chi connectivity index (χ0) is 12.4. The van der Waals surface area contributed by atoms with Crippen LogP contribution in [0.2, 0.25) is 0 Å². The van der Waals surface area contributed by atoms with E-state index in [1.165, 1.54) is 17.6 Å². The van der Waals surface area contributed by atoms with Crippen LogP contribution in [0.5, 0.6) is 0 Å². The topological polar surface area (TPSA) is 79.8 Å². The number of nitrogen functional groups attached to an aromatic ring is 1. The minimum absolute atomic E-state index is 0.128. The van der Waals surface area contributed by atoms with E-state index in [-0.39, 0.29) is 5.82 Å². The Labute approximate surface area is 105 Å². The van der Waals surface area contributed by atoms with Crippen molar-refractivity contribution in [3.05, 3.63) is 29.1 Å². The summed E-state index contributed by atoms with van der Waals surface area (Å²) in [5.74, 6) is 0.128. The van der Waals surface area contributed by atoms with E-state index in [0.717, 1.165) is 4.88 Å². The first-order chi connectivity index (χ1) is 8.13. The van der Waals surface area contributed by atoms with E-state index in [1.54, 1.807) is 6.07 Å². The summed E-state index contributed by atoms with van der Waals surface area (Å²) >= 11 is 1.50. The summed E-state index contributed by atoms with van der Waals surface area (Å²) in [6.45, 7) is 0. The molecule has 0 spiro atoms. The monoisotopic (exact) mass is 263 g/mol. The van der Waals surface area contributed by atoms with Crippen molar-refractivity contribution in [1.82, 2.24) is 4.98 Å². The zero-order valence-electron chi connectivity index (χ0n) is 9.01. The fourth-order valence-electron chi connectivity index (χ4n) is 1.43. The average molecular weight is 263 g/mol. The summed E-state index contributed by atoms with van der Waals surface area (Å²) in [4.78, 5) is 4.89. The van der Waals surface area contributed by atoms with Gasteiger partial charge in [0.1, 0.15) is 22.5 Å². The number of pyridine rings is 1. The lowest BCUT2D eigenvalue weighted by Gasteiger charge is -2.06. The molecule has 0 aromatic carbocycles. The van der Waals surface area contributed by atoms with Gasteiger partial charge in [-0.15, -0.1) is 11.3 Å². The molecule has 0 fully saturated rings. The molecule has 0 radical (unpaired) electrons. The number of nitrogens with zero attached hydrogens (tertiary/aromatic N) is 2. The second-order valence-electron chi connectivity index (χ2n) is 3.31. The van der Waals surface area contributed by atoms with Crippen molar-refractivity contribution in [1.29, 1.82) is 5.26 Å². The average Bonchev–Trinajstić information content (AvgIpc) is 2.81. The third-order valence-electron chi connectivity index (χ3n) is 2.22. The molecule has 4 nitrogen and oxygen atoms in total. The van der Waals surface area contributed by atoms with Crippen LogP contribution in [0.25, 0.3) is 10.4 Å². The summed E-state index contributed by atoms with van der Waals surface area (Å²) in [7, 11) is -1.22. The first kappa shape index (κ1) is 11.8. The largest absolute Gasteiger partial charge is 0.383 e. The Kier molecular flexibility index (Phi) is 3.22. The molecule has 1 atom stereocenters.